The average Bonchev–Trinajstić information content (AvgIpc) is 3.27. The van der Waals surface area contributed by atoms with Gasteiger partial charge < -0.3 is 22.1 Å². The van der Waals surface area contributed by atoms with E-state index in [4.69, 9.17) is 22.1 Å². The molecule has 0 aliphatic carbocycles. The molecule has 288 valence electrons. The fourth-order valence-corrected chi connectivity index (χ4v) is 6.45. The Morgan fingerprint density at radius 2 is 0.467 bits per heavy atom. The van der Waals surface area contributed by atoms with Crippen molar-refractivity contribution in [2.45, 2.75) is 26.2 Å². The fraction of sp³-hybridized carbons (Fsp3) is 0.0870. The van der Waals surface area contributed by atoms with Crippen LogP contribution in [0.4, 0.5) is 0 Å². The van der Waals surface area contributed by atoms with Crippen LogP contribution in [0.1, 0.15) is 22.3 Å². The standard InChI is InChI=1S/C36H32N4.C10H8N2.2N3.2Y/c1-2-30-4-3-29(1)25-37-17-9-33(10-18-37)35-13-21-39(22-14-35)27-31-5-7-32(8-6-31)28-40-23-15-36(16-24-40)34-11-19-38(26-30)20-12-34;1-5-11-6-2-9(1)10-3-7-12-8-4-10;2*1-3-2;;/h1-24H,25-28H2;1-8H;;;;/q+4;;2*-1;;. The van der Waals surface area contributed by atoms with Gasteiger partial charge in [-0.25, -0.2) is 18.3 Å². The first kappa shape index (κ1) is 46.9. The van der Waals surface area contributed by atoms with Gasteiger partial charge in [-0.15, -0.1) is 0 Å². The quantitative estimate of drug-likeness (QED) is 0.0700. The van der Waals surface area contributed by atoms with E-state index in [1.807, 2.05) is 24.3 Å². The number of hydrogen-bond donors (Lipinski definition) is 0. The number of hydrogen-bond acceptors (Lipinski definition) is 2. The van der Waals surface area contributed by atoms with Gasteiger partial charge in [0.25, 0.3) is 0 Å². The molecule has 0 atom stereocenters. The summed E-state index contributed by atoms with van der Waals surface area (Å²) in [5.41, 5.74) is 39.4. The van der Waals surface area contributed by atoms with Crippen LogP contribution < -0.4 is 18.3 Å². The van der Waals surface area contributed by atoms with Crippen LogP contribution in [0.5, 0.6) is 0 Å². The average molecular weight is 939 g/mol. The third-order valence-electron chi connectivity index (χ3n) is 9.43. The van der Waals surface area contributed by atoms with Crippen LogP contribution in [0.2, 0.25) is 0 Å². The molecule has 0 N–H and O–H groups in total. The van der Waals surface area contributed by atoms with Crippen molar-refractivity contribution in [2.24, 2.45) is 0 Å². The first-order valence-corrected chi connectivity index (χ1v) is 18.4. The SMILES string of the molecule is [N-]=[N+]=[N-].[N-]=[N+]=[N-].[Y].[Y].c1cc(-c2ccncc2)ccn1.c1cc2ccc1C[n+]1ccc(cc1)-c1cc[n+](cc1)Cc1ccc(cc1)C[n+]1ccc(cc1)-c1cc[n+](cc1)C2. The molecule has 0 fully saturated rings. The third-order valence-corrected chi connectivity index (χ3v) is 9.43. The molecule has 24 rings (SSSR count). The first-order valence-electron chi connectivity index (χ1n) is 18.4. The van der Waals surface area contributed by atoms with E-state index in [9.17, 15) is 0 Å². The molecule has 60 heavy (non-hydrogen) atoms. The summed E-state index contributed by atoms with van der Waals surface area (Å²) >= 11 is 0. The van der Waals surface area contributed by atoms with Gasteiger partial charge in [-0.2, -0.15) is 0 Å². The predicted molar refractivity (Wildman–Crippen MR) is 221 cm³/mol. The number of rotatable bonds is 1. The maximum Gasteiger partial charge on any atom is 0.173 e. The molecular weight excluding hydrogens is 898 g/mol. The van der Waals surface area contributed by atoms with E-state index in [1.165, 1.54) is 65.5 Å². The minimum Gasteiger partial charge on any atom is -0.373 e. The van der Waals surface area contributed by atoms with Gasteiger partial charge >= 0.3 is 0 Å². The van der Waals surface area contributed by atoms with Gasteiger partial charge in [-0.1, -0.05) is 48.5 Å². The van der Waals surface area contributed by atoms with Crippen LogP contribution in [0.25, 0.3) is 65.3 Å². The minimum atomic E-state index is 0. The molecular formula is C46H40N12Y2+2. The van der Waals surface area contributed by atoms with Crippen molar-refractivity contribution in [2.75, 3.05) is 0 Å². The van der Waals surface area contributed by atoms with E-state index in [-0.39, 0.29) is 65.4 Å². The summed E-state index contributed by atoms with van der Waals surface area (Å²) in [7, 11) is 0. The molecule has 12 nitrogen and oxygen atoms in total. The van der Waals surface area contributed by atoms with Crippen molar-refractivity contribution >= 4 is 0 Å². The van der Waals surface area contributed by atoms with Crippen molar-refractivity contribution in [3.63, 3.8) is 0 Å². The summed E-state index contributed by atoms with van der Waals surface area (Å²) in [5.74, 6) is 0. The Kier molecular flexibility index (Phi) is 19.5. The first-order chi connectivity index (χ1) is 28.5. The number of benzene rings is 2. The Bertz CT molecular complexity index is 2230. The van der Waals surface area contributed by atoms with E-state index in [0.717, 1.165) is 26.2 Å². The summed E-state index contributed by atoms with van der Waals surface area (Å²) in [6.45, 7) is 3.42. The third kappa shape index (κ3) is 14.2. The molecule has 16 aliphatic heterocycles. The van der Waals surface area contributed by atoms with Gasteiger partial charge in [0, 0.05) is 161 Å². The molecule has 0 saturated carbocycles. The van der Waals surface area contributed by atoms with Crippen molar-refractivity contribution in [1.29, 1.82) is 0 Å². The van der Waals surface area contributed by atoms with E-state index >= 15 is 0 Å². The molecule has 6 aromatic heterocycles. The van der Waals surface area contributed by atoms with Crippen molar-refractivity contribution in [3.8, 4) is 33.4 Å². The Morgan fingerprint density at radius 3 is 0.650 bits per heavy atom. The second-order valence-electron chi connectivity index (χ2n) is 13.3. The molecule has 14 heteroatoms. The van der Waals surface area contributed by atoms with Crippen LogP contribution in [0.3, 0.4) is 0 Å². The minimum absolute atomic E-state index is 0. The number of aromatic nitrogens is 6. The number of nitrogens with zero attached hydrogens (tertiary/aromatic N) is 12. The van der Waals surface area contributed by atoms with Crippen LogP contribution in [-0.2, 0) is 91.6 Å². The summed E-state index contributed by atoms with van der Waals surface area (Å²) in [6, 6.07) is 43.4. The molecule has 0 unspecified atom stereocenters. The monoisotopic (exact) mass is 938 g/mol. The molecule has 2 aromatic carbocycles. The Balaban J connectivity index is 0.000000333. The second kappa shape index (κ2) is 24.9. The van der Waals surface area contributed by atoms with E-state index < -0.39 is 0 Å². The summed E-state index contributed by atoms with van der Waals surface area (Å²) in [6.07, 6.45) is 24.5. The molecule has 12 bridgehead atoms. The summed E-state index contributed by atoms with van der Waals surface area (Å²) in [5, 5.41) is 0. The van der Waals surface area contributed by atoms with E-state index in [0.29, 0.717) is 0 Å². The Labute approximate surface area is 399 Å². The van der Waals surface area contributed by atoms with Crippen LogP contribution in [-0.4, -0.2) is 9.97 Å². The van der Waals surface area contributed by atoms with Gasteiger partial charge in [-0.3, -0.25) is 19.8 Å². The maximum atomic E-state index is 6.75. The molecule has 16 aliphatic rings. The Hall–Kier alpha value is -5.83. The van der Waals surface area contributed by atoms with Gasteiger partial charge in [0.1, 0.15) is 0 Å². The summed E-state index contributed by atoms with van der Waals surface area (Å²) < 4.78 is 8.94. The van der Waals surface area contributed by atoms with Gasteiger partial charge in [0.15, 0.2) is 75.8 Å². The van der Waals surface area contributed by atoms with Crippen LogP contribution in [0, 0.1) is 0 Å². The molecule has 22 heterocycles. The Morgan fingerprint density at radius 1 is 0.300 bits per heavy atom. The fourth-order valence-electron chi connectivity index (χ4n) is 6.45. The molecule has 2 radical (unpaired) electrons. The predicted octanol–water partition coefficient (Wildman–Crippen LogP) is 8.55. The zero-order valence-corrected chi connectivity index (χ0v) is 38.5. The maximum absolute atomic E-state index is 6.75. The van der Waals surface area contributed by atoms with E-state index in [2.05, 4.69) is 175 Å². The van der Waals surface area contributed by atoms with Crippen molar-refractivity contribution in [3.05, 3.63) is 250 Å². The zero-order chi connectivity index (χ0) is 40.4. The summed E-state index contributed by atoms with van der Waals surface area (Å²) in [4.78, 5) is 10.9. The molecule has 0 spiro atoms. The molecule has 0 saturated heterocycles. The van der Waals surface area contributed by atoms with Gasteiger partial charge in [0.2, 0.25) is 0 Å². The topological polar surface area (TPSA) is 159 Å². The smallest absolute Gasteiger partial charge is 0.173 e. The van der Waals surface area contributed by atoms with Gasteiger partial charge in [-0.05, 0) is 57.6 Å². The number of pyridine rings is 6. The zero-order valence-electron chi connectivity index (χ0n) is 32.8. The van der Waals surface area contributed by atoms with Crippen molar-refractivity contribution in [1.82, 2.24) is 9.97 Å². The van der Waals surface area contributed by atoms with E-state index in [1.54, 1.807) is 24.8 Å². The van der Waals surface area contributed by atoms with Crippen molar-refractivity contribution < 1.29 is 83.7 Å². The second-order valence-corrected chi connectivity index (χ2v) is 13.3. The molecule has 0 amide bonds. The van der Waals surface area contributed by atoms with Crippen LogP contribution in [0.15, 0.2) is 196 Å². The van der Waals surface area contributed by atoms with Gasteiger partial charge in [0.05, 0.1) is 0 Å². The van der Waals surface area contributed by atoms with Crippen LogP contribution >= 0.6 is 0 Å². The largest absolute Gasteiger partial charge is 0.373 e. The normalized spacial score (nSPS) is 10.6. The molecule has 8 aromatic rings.